The van der Waals surface area contributed by atoms with Crippen LogP contribution in [-0.2, 0) is 9.53 Å². The van der Waals surface area contributed by atoms with Gasteiger partial charge in [-0.05, 0) is 42.0 Å². The van der Waals surface area contributed by atoms with Crippen LogP contribution in [0.25, 0.3) is 5.57 Å². The quantitative estimate of drug-likeness (QED) is 0.836. The minimum atomic E-state index is -0.533. The topological polar surface area (TPSA) is 84.7 Å². The van der Waals surface area contributed by atoms with Crippen LogP contribution in [0.1, 0.15) is 18.9 Å². The second kappa shape index (κ2) is 6.89. The van der Waals surface area contributed by atoms with Crippen LogP contribution in [0.5, 0.6) is 0 Å². The molecule has 1 saturated carbocycles. The number of rotatable bonds is 4. The van der Waals surface area contributed by atoms with E-state index < -0.39 is 12.2 Å². The van der Waals surface area contributed by atoms with Crippen molar-refractivity contribution in [3.05, 3.63) is 35.7 Å². The van der Waals surface area contributed by atoms with Gasteiger partial charge in [0.1, 0.15) is 11.9 Å². The Balaban J connectivity index is 0.00000196. The molecule has 0 aromatic heterocycles. The molecule has 2 aliphatic carbocycles. The molecule has 0 spiro atoms. The second-order valence-electron chi connectivity index (χ2n) is 6.93. The first-order valence-corrected chi connectivity index (χ1v) is 8.43. The number of benzene rings is 1. The lowest BCUT2D eigenvalue weighted by molar-refractivity contribution is -0.119. The maximum atomic E-state index is 14.6. The lowest BCUT2D eigenvalue weighted by Crippen LogP contribution is -2.33. The molecule has 1 heterocycles. The molecule has 3 aliphatic rings. The molecule has 140 valence electrons. The Morgan fingerprint density at radius 3 is 2.85 bits per heavy atom. The zero-order chi connectivity index (χ0) is 17.7. The first-order chi connectivity index (χ1) is 11.9. The highest BCUT2D eigenvalue weighted by atomic mass is 35.5. The highest BCUT2D eigenvalue weighted by molar-refractivity contribution is 5.90. The SMILES string of the molecule is CC(=O)NC[C@H]1CN(c2ccc(C3=CC4C(N)C4C3)c(F)c2)C(=O)O1.Cl. The van der Waals surface area contributed by atoms with E-state index in [4.69, 9.17) is 10.5 Å². The van der Waals surface area contributed by atoms with E-state index in [1.54, 1.807) is 12.1 Å². The van der Waals surface area contributed by atoms with Crippen LogP contribution >= 0.6 is 12.4 Å². The van der Waals surface area contributed by atoms with E-state index in [9.17, 15) is 14.0 Å². The van der Waals surface area contributed by atoms with Gasteiger partial charge in [0.15, 0.2) is 0 Å². The second-order valence-corrected chi connectivity index (χ2v) is 6.93. The van der Waals surface area contributed by atoms with E-state index in [1.807, 2.05) is 0 Å². The van der Waals surface area contributed by atoms with Crippen molar-refractivity contribution in [2.45, 2.75) is 25.5 Å². The average molecular weight is 382 g/mol. The fourth-order valence-electron chi connectivity index (χ4n) is 3.72. The molecule has 2 amide bonds. The van der Waals surface area contributed by atoms with Gasteiger partial charge in [0.05, 0.1) is 18.8 Å². The van der Waals surface area contributed by atoms with Crippen molar-refractivity contribution in [1.82, 2.24) is 5.32 Å². The summed E-state index contributed by atoms with van der Waals surface area (Å²) in [6.45, 7) is 1.92. The number of nitrogens with one attached hydrogen (secondary N) is 1. The third-order valence-corrected chi connectivity index (χ3v) is 5.20. The Bertz CT molecular complexity index is 785. The molecule has 2 fully saturated rings. The van der Waals surface area contributed by atoms with Gasteiger partial charge in [0.25, 0.3) is 0 Å². The number of hydrogen-bond donors (Lipinski definition) is 2. The lowest BCUT2D eigenvalue weighted by atomic mass is 10.0. The lowest BCUT2D eigenvalue weighted by Gasteiger charge is -2.15. The number of fused-ring (bicyclic) bond motifs is 1. The number of halogens is 2. The van der Waals surface area contributed by atoms with Gasteiger partial charge < -0.3 is 15.8 Å². The van der Waals surface area contributed by atoms with Crippen molar-refractivity contribution >= 4 is 35.7 Å². The summed E-state index contributed by atoms with van der Waals surface area (Å²) in [6.07, 6.45) is 1.91. The van der Waals surface area contributed by atoms with E-state index in [1.165, 1.54) is 17.9 Å². The molecule has 4 rings (SSSR count). The molecule has 3 unspecified atom stereocenters. The maximum Gasteiger partial charge on any atom is 0.414 e. The average Bonchev–Trinajstić information content (AvgIpc) is 2.95. The molecule has 0 bridgehead atoms. The number of carbonyl (C=O) groups excluding carboxylic acids is 2. The zero-order valence-electron chi connectivity index (χ0n) is 14.3. The molecule has 1 aromatic rings. The summed E-state index contributed by atoms with van der Waals surface area (Å²) in [5, 5.41) is 2.61. The van der Waals surface area contributed by atoms with Crippen LogP contribution in [0.2, 0.25) is 0 Å². The number of nitrogens with zero attached hydrogens (tertiary/aromatic N) is 1. The number of ether oxygens (including phenoxy) is 1. The van der Waals surface area contributed by atoms with Crippen LogP contribution in [0.4, 0.5) is 14.9 Å². The third-order valence-electron chi connectivity index (χ3n) is 5.20. The van der Waals surface area contributed by atoms with Gasteiger partial charge in [-0.3, -0.25) is 9.69 Å². The summed E-state index contributed by atoms with van der Waals surface area (Å²) in [5.74, 6) is 0.304. The summed E-state index contributed by atoms with van der Waals surface area (Å²) in [7, 11) is 0. The Hall–Kier alpha value is -2.12. The van der Waals surface area contributed by atoms with Crippen molar-refractivity contribution < 1.29 is 18.7 Å². The van der Waals surface area contributed by atoms with E-state index in [2.05, 4.69) is 11.4 Å². The summed E-state index contributed by atoms with van der Waals surface area (Å²) < 4.78 is 19.8. The third kappa shape index (κ3) is 3.29. The summed E-state index contributed by atoms with van der Waals surface area (Å²) in [6, 6.07) is 5.03. The predicted octanol–water partition coefficient (Wildman–Crippen LogP) is 2.07. The van der Waals surface area contributed by atoms with E-state index in [-0.39, 0.29) is 43.3 Å². The number of nitrogens with two attached hydrogens (primary N) is 1. The summed E-state index contributed by atoms with van der Waals surface area (Å²) in [4.78, 5) is 24.4. The Kier molecular flexibility index (Phi) is 4.94. The number of cyclic esters (lactones) is 1. The predicted molar refractivity (Wildman–Crippen MR) is 97.5 cm³/mol. The molecular formula is C18H21ClFN3O3. The van der Waals surface area contributed by atoms with Crippen molar-refractivity contribution in [3.63, 3.8) is 0 Å². The number of amides is 2. The number of anilines is 1. The van der Waals surface area contributed by atoms with Crippen LogP contribution in [0.3, 0.4) is 0 Å². The fraction of sp³-hybridized carbons (Fsp3) is 0.444. The molecule has 26 heavy (non-hydrogen) atoms. The van der Waals surface area contributed by atoms with Gasteiger partial charge in [-0.15, -0.1) is 12.4 Å². The summed E-state index contributed by atoms with van der Waals surface area (Å²) in [5.41, 5.74) is 7.93. The minimum Gasteiger partial charge on any atom is -0.442 e. The zero-order valence-corrected chi connectivity index (χ0v) is 15.1. The van der Waals surface area contributed by atoms with E-state index in [0.29, 0.717) is 23.1 Å². The van der Waals surface area contributed by atoms with Crippen molar-refractivity contribution in [3.8, 4) is 0 Å². The van der Waals surface area contributed by atoms with Gasteiger partial charge in [-0.1, -0.05) is 6.08 Å². The van der Waals surface area contributed by atoms with Gasteiger partial charge in [-0.2, -0.15) is 0 Å². The van der Waals surface area contributed by atoms with Crippen molar-refractivity contribution in [1.29, 1.82) is 0 Å². The highest BCUT2D eigenvalue weighted by Crippen LogP contribution is 2.52. The van der Waals surface area contributed by atoms with Crippen LogP contribution in [0, 0.1) is 17.7 Å². The van der Waals surface area contributed by atoms with Gasteiger partial charge in [-0.25, -0.2) is 9.18 Å². The molecule has 6 nitrogen and oxygen atoms in total. The van der Waals surface area contributed by atoms with Crippen molar-refractivity contribution in [2.75, 3.05) is 18.0 Å². The highest BCUT2D eigenvalue weighted by Gasteiger charge is 2.50. The number of carbonyl (C=O) groups is 2. The molecule has 0 radical (unpaired) electrons. The van der Waals surface area contributed by atoms with Crippen LogP contribution in [-0.4, -0.2) is 37.2 Å². The van der Waals surface area contributed by atoms with E-state index in [0.717, 1.165) is 12.0 Å². The van der Waals surface area contributed by atoms with Crippen LogP contribution < -0.4 is 16.0 Å². The number of hydrogen-bond acceptors (Lipinski definition) is 4. The molecule has 3 N–H and O–H groups in total. The van der Waals surface area contributed by atoms with Gasteiger partial charge >= 0.3 is 6.09 Å². The largest absolute Gasteiger partial charge is 0.442 e. The smallest absolute Gasteiger partial charge is 0.414 e. The van der Waals surface area contributed by atoms with Gasteiger partial charge in [0.2, 0.25) is 5.91 Å². The Morgan fingerprint density at radius 2 is 2.23 bits per heavy atom. The number of allylic oxidation sites excluding steroid dienone is 1. The standard InChI is InChI=1S/C18H20FN3O3.ClH/c1-9(23)21-7-12-8-22(18(24)25-12)11-2-3-13(16(19)6-11)10-4-14-15(5-10)17(14)20;/h2-4,6,12,14-15,17H,5,7-8,20H2,1H3,(H,21,23);1H/t12-,14?,15?,17?;/m0./s1. The van der Waals surface area contributed by atoms with Gasteiger partial charge in [0, 0.05) is 18.5 Å². The molecule has 1 aromatic carbocycles. The Morgan fingerprint density at radius 1 is 1.46 bits per heavy atom. The van der Waals surface area contributed by atoms with Crippen molar-refractivity contribution in [2.24, 2.45) is 17.6 Å². The maximum absolute atomic E-state index is 14.6. The normalized spacial score (nSPS) is 28.8. The fourth-order valence-corrected chi connectivity index (χ4v) is 3.72. The first kappa shape index (κ1) is 18.7. The van der Waals surface area contributed by atoms with Crippen LogP contribution in [0.15, 0.2) is 24.3 Å². The molecule has 1 aliphatic heterocycles. The Labute approximate surface area is 157 Å². The molecule has 1 saturated heterocycles. The summed E-state index contributed by atoms with van der Waals surface area (Å²) >= 11 is 0. The monoisotopic (exact) mass is 381 g/mol. The molecular weight excluding hydrogens is 361 g/mol. The molecule has 8 heteroatoms. The first-order valence-electron chi connectivity index (χ1n) is 8.43. The minimum absolute atomic E-state index is 0. The molecule has 4 atom stereocenters. The van der Waals surface area contributed by atoms with E-state index >= 15 is 0 Å².